The van der Waals surface area contributed by atoms with Gasteiger partial charge in [0.1, 0.15) is 10.8 Å². The van der Waals surface area contributed by atoms with Crippen LogP contribution < -0.4 is 15.4 Å². The number of rotatable bonds is 6. The lowest BCUT2D eigenvalue weighted by Gasteiger charge is -2.14. The number of hydrogen-bond acceptors (Lipinski definition) is 5. The normalized spacial score (nSPS) is 11.0. The van der Waals surface area contributed by atoms with E-state index in [4.69, 9.17) is 4.74 Å². The Labute approximate surface area is 170 Å². The zero-order valence-corrected chi connectivity index (χ0v) is 18.5. The van der Waals surface area contributed by atoms with Crippen molar-refractivity contribution in [3.05, 3.63) is 39.1 Å². The van der Waals surface area contributed by atoms with Crippen LogP contribution in [0.25, 0.3) is 0 Å². The van der Waals surface area contributed by atoms with E-state index in [-0.39, 0.29) is 24.0 Å². The summed E-state index contributed by atoms with van der Waals surface area (Å²) in [6.07, 6.45) is 4.79. The summed E-state index contributed by atoms with van der Waals surface area (Å²) < 4.78 is 5.45. The molecule has 138 valence electrons. The molecule has 0 aliphatic rings. The van der Waals surface area contributed by atoms with Gasteiger partial charge in [-0.1, -0.05) is 6.92 Å². The predicted molar refractivity (Wildman–Crippen MR) is 114 cm³/mol. The number of nitrogens with zero attached hydrogens (tertiary/aromatic N) is 3. The van der Waals surface area contributed by atoms with E-state index in [1.54, 1.807) is 25.5 Å². The van der Waals surface area contributed by atoms with E-state index in [0.29, 0.717) is 13.1 Å². The number of guanidine groups is 1. The number of pyridine rings is 1. The zero-order chi connectivity index (χ0) is 17.5. The standard InChI is InChI=1S/C17H25N5OS.HI/c1-6-13-8-20-15(24-13)10-22-17(18-4)21-9-14-12(3)16(23-5)11(2)7-19-14;/h7-8H,6,9-10H2,1-5H3,(H2,18,21,22);1H. The molecule has 8 heteroatoms. The summed E-state index contributed by atoms with van der Waals surface area (Å²) in [7, 11) is 3.44. The third-order valence-corrected chi connectivity index (χ3v) is 4.90. The molecule has 0 amide bonds. The van der Waals surface area contributed by atoms with Gasteiger partial charge in [-0.15, -0.1) is 35.3 Å². The Hall–Kier alpha value is -1.42. The van der Waals surface area contributed by atoms with Crippen molar-refractivity contribution in [2.24, 2.45) is 4.99 Å². The van der Waals surface area contributed by atoms with Gasteiger partial charge in [-0.25, -0.2) is 4.98 Å². The summed E-state index contributed by atoms with van der Waals surface area (Å²) in [6, 6.07) is 0. The van der Waals surface area contributed by atoms with Crippen LogP contribution in [0.2, 0.25) is 0 Å². The maximum absolute atomic E-state index is 5.45. The number of methoxy groups -OCH3 is 1. The second-order valence-electron chi connectivity index (χ2n) is 5.40. The maximum atomic E-state index is 5.45. The van der Waals surface area contributed by atoms with Gasteiger partial charge in [0.2, 0.25) is 0 Å². The van der Waals surface area contributed by atoms with E-state index in [1.165, 1.54) is 4.88 Å². The highest BCUT2D eigenvalue weighted by Crippen LogP contribution is 2.23. The minimum absolute atomic E-state index is 0. The lowest BCUT2D eigenvalue weighted by molar-refractivity contribution is 0.406. The molecule has 2 aromatic rings. The summed E-state index contributed by atoms with van der Waals surface area (Å²) in [5.41, 5.74) is 3.03. The van der Waals surface area contributed by atoms with E-state index in [9.17, 15) is 0 Å². The SMILES string of the molecule is CCc1cnc(CNC(=NC)NCc2ncc(C)c(OC)c2C)s1.I. The highest BCUT2D eigenvalue weighted by molar-refractivity contribution is 14.0. The molecule has 0 atom stereocenters. The number of halogens is 1. The van der Waals surface area contributed by atoms with Crippen molar-refractivity contribution in [2.75, 3.05) is 14.2 Å². The van der Waals surface area contributed by atoms with E-state index >= 15 is 0 Å². The first-order valence-corrected chi connectivity index (χ1v) is 8.77. The van der Waals surface area contributed by atoms with Gasteiger partial charge in [-0.2, -0.15) is 0 Å². The van der Waals surface area contributed by atoms with Crippen LogP contribution >= 0.6 is 35.3 Å². The van der Waals surface area contributed by atoms with Crippen molar-refractivity contribution in [1.29, 1.82) is 0 Å². The van der Waals surface area contributed by atoms with Gasteiger partial charge in [-0.05, 0) is 20.3 Å². The molecule has 6 nitrogen and oxygen atoms in total. The number of aliphatic imine (C=N–C) groups is 1. The van der Waals surface area contributed by atoms with Crippen molar-refractivity contribution in [2.45, 2.75) is 40.3 Å². The Morgan fingerprint density at radius 1 is 1.20 bits per heavy atom. The van der Waals surface area contributed by atoms with Crippen LogP contribution in [0.15, 0.2) is 17.4 Å². The van der Waals surface area contributed by atoms with Crippen molar-refractivity contribution >= 4 is 41.3 Å². The molecular formula is C17H26IN5OS. The van der Waals surface area contributed by atoms with Crippen molar-refractivity contribution < 1.29 is 4.74 Å². The topological polar surface area (TPSA) is 71.4 Å². The van der Waals surface area contributed by atoms with Crippen LogP contribution in [0.5, 0.6) is 5.75 Å². The quantitative estimate of drug-likeness (QED) is 0.382. The fourth-order valence-electron chi connectivity index (χ4n) is 2.39. The van der Waals surface area contributed by atoms with Gasteiger partial charge >= 0.3 is 0 Å². The Morgan fingerprint density at radius 3 is 2.52 bits per heavy atom. The fraction of sp³-hybridized carbons (Fsp3) is 0.471. The molecule has 0 aromatic carbocycles. The van der Waals surface area contributed by atoms with Crippen LogP contribution in [0, 0.1) is 13.8 Å². The minimum Gasteiger partial charge on any atom is -0.496 e. The molecule has 0 fully saturated rings. The summed E-state index contributed by atoms with van der Waals surface area (Å²) in [5, 5.41) is 7.62. The summed E-state index contributed by atoms with van der Waals surface area (Å²) in [4.78, 5) is 14.4. The number of hydrogen-bond donors (Lipinski definition) is 2. The molecule has 0 spiro atoms. The highest BCUT2D eigenvalue weighted by atomic mass is 127. The Balaban J connectivity index is 0.00000312. The molecule has 2 heterocycles. The van der Waals surface area contributed by atoms with Crippen molar-refractivity contribution in [3.8, 4) is 5.75 Å². The van der Waals surface area contributed by atoms with E-state index < -0.39 is 0 Å². The minimum atomic E-state index is 0. The molecule has 0 bridgehead atoms. The third kappa shape index (κ3) is 5.81. The Kier molecular flexibility index (Phi) is 9.12. The predicted octanol–water partition coefficient (Wildman–Crippen LogP) is 3.21. The largest absolute Gasteiger partial charge is 0.496 e. The number of ether oxygens (including phenoxy) is 1. The lowest BCUT2D eigenvalue weighted by atomic mass is 10.1. The second-order valence-corrected chi connectivity index (χ2v) is 6.60. The monoisotopic (exact) mass is 475 g/mol. The van der Waals surface area contributed by atoms with Gasteiger partial charge in [0.25, 0.3) is 0 Å². The number of nitrogens with one attached hydrogen (secondary N) is 2. The first-order valence-electron chi connectivity index (χ1n) is 7.96. The van der Waals surface area contributed by atoms with E-state index in [0.717, 1.165) is 40.0 Å². The van der Waals surface area contributed by atoms with Crippen LogP contribution in [0.1, 0.15) is 33.6 Å². The van der Waals surface area contributed by atoms with Gasteiger partial charge in [0.05, 0.1) is 25.9 Å². The molecule has 2 aromatic heterocycles. The molecule has 25 heavy (non-hydrogen) atoms. The van der Waals surface area contributed by atoms with E-state index in [1.807, 2.05) is 26.2 Å². The van der Waals surface area contributed by atoms with E-state index in [2.05, 4.69) is 32.5 Å². The molecule has 0 saturated carbocycles. The smallest absolute Gasteiger partial charge is 0.191 e. The first-order chi connectivity index (χ1) is 11.6. The summed E-state index contributed by atoms with van der Waals surface area (Å²) >= 11 is 1.72. The molecule has 0 radical (unpaired) electrons. The maximum Gasteiger partial charge on any atom is 0.191 e. The van der Waals surface area contributed by atoms with Crippen LogP contribution in [0.4, 0.5) is 0 Å². The fourth-order valence-corrected chi connectivity index (χ4v) is 3.19. The Bertz CT molecular complexity index is 717. The average molecular weight is 475 g/mol. The Morgan fingerprint density at radius 2 is 1.92 bits per heavy atom. The number of aryl methyl sites for hydroxylation is 2. The zero-order valence-electron chi connectivity index (χ0n) is 15.3. The highest BCUT2D eigenvalue weighted by Gasteiger charge is 2.10. The van der Waals surface area contributed by atoms with Gasteiger partial charge < -0.3 is 15.4 Å². The van der Waals surface area contributed by atoms with Gasteiger partial charge in [0, 0.05) is 35.4 Å². The van der Waals surface area contributed by atoms with Crippen LogP contribution in [-0.4, -0.2) is 30.1 Å². The molecule has 0 aliphatic heterocycles. The first kappa shape index (κ1) is 21.6. The van der Waals surface area contributed by atoms with Crippen molar-refractivity contribution in [3.63, 3.8) is 0 Å². The number of aromatic nitrogens is 2. The summed E-state index contributed by atoms with van der Waals surface area (Å²) in [6.45, 7) is 7.40. The summed E-state index contributed by atoms with van der Waals surface area (Å²) in [5.74, 6) is 1.61. The van der Waals surface area contributed by atoms with Gasteiger partial charge in [-0.3, -0.25) is 9.98 Å². The molecule has 0 unspecified atom stereocenters. The van der Waals surface area contributed by atoms with Crippen LogP contribution in [-0.2, 0) is 19.5 Å². The molecular weight excluding hydrogens is 449 g/mol. The number of thiazole rings is 1. The van der Waals surface area contributed by atoms with Gasteiger partial charge in [0.15, 0.2) is 5.96 Å². The average Bonchev–Trinajstić information content (AvgIpc) is 3.05. The lowest BCUT2D eigenvalue weighted by Crippen LogP contribution is -2.36. The third-order valence-electron chi connectivity index (χ3n) is 3.75. The second kappa shape index (κ2) is 10.5. The van der Waals surface area contributed by atoms with Crippen molar-refractivity contribution in [1.82, 2.24) is 20.6 Å². The molecule has 0 saturated heterocycles. The molecule has 0 aliphatic carbocycles. The molecule has 2 rings (SSSR count). The van der Waals surface area contributed by atoms with Crippen LogP contribution in [0.3, 0.4) is 0 Å². The molecule has 2 N–H and O–H groups in total.